The van der Waals surface area contributed by atoms with Crippen LogP contribution >= 0.6 is 9.69 Å². The van der Waals surface area contributed by atoms with Gasteiger partial charge in [0.25, 0.3) is 0 Å². The monoisotopic (exact) mass is 985 g/mol. The maximum absolute atomic E-state index is 8.49. The molecular formula is C16H22Cl5N4O21Ru2. The fourth-order valence-electron chi connectivity index (χ4n) is 1.82. The predicted molar refractivity (Wildman–Crippen MR) is 103 cm³/mol. The van der Waals surface area contributed by atoms with Crippen LogP contribution in [0, 0.1) is 41.0 Å². The topological polar surface area (TPSA) is 578 Å². The summed E-state index contributed by atoms with van der Waals surface area (Å²) in [5.41, 5.74) is 1.62. The first-order valence-electron chi connectivity index (χ1n) is 8.85. The van der Waals surface area contributed by atoms with Crippen LogP contribution in [0.2, 0.25) is 0 Å². The zero-order valence-electron chi connectivity index (χ0n) is 22.3. The molecule has 0 unspecified atom stereocenters. The van der Waals surface area contributed by atoms with Crippen molar-refractivity contribution in [3.05, 3.63) is 73.3 Å². The molecular weight excluding hydrogens is 964 g/mol. The van der Waals surface area contributed by atoms with E-state index in [0.717, 1.165) is 22.1 Å². The summed E-state index contributed by atoms with van der Waals surface area (Å²) in [6.07, 6.45) is 6.98. The van der Waals surface area contributed by atoms with Crippen molar-refractivity contribution < 1.29 is 180 Å². The molecule has 4 aromatic heterocycles. The number of hydrogen-bond acceptors (Lipinski definition) is 20. The van der Waals surface area contributed by atoms with E-state index in [1.165, 1.54) is 0 Å². The van der Waals surface area contributed by atoms with Crippen molar-refractivity contribution in [2.45, 2.75) is 0 Å². The average molecular weight is 986 g/mol. The summed E-state index contributed by atoms with van der Waals surface area (Å²) in [6, 6.07) is 15.6. The Bertz CT molecular complexity index is 969. The molecule has 0 fully saturated rings. The molecule has 0 atom stereocenters. The van der Waals surface area contributed by atoms with Crippen LogP contribution in [0.3, 0.4) is 0 Å². The summed E-state index contributed by atoms with van der Waals surface area (Å²) in [7, 11) is -15.2. The molecule has 48 heavy (non-hydrogen) atoms. The number of nitrogens with zero attached hydrogens (tertiary/aromatic N) is 4. The molecule has 0 spiro atoms. The summed E-state index contributed by atoms with van der Waals surface area (Å²) in [5.74, 6) is 0. The first-order valence-corrected chi connectivity index (χ1v) is 16.0. The Labute approximate surface area is 303 Å². The Morgan fingerprint density at radius 2 is 0.500 bits per heavy atom. The Morgan fingerprint density at radius 3 is 0.604 bits per heavy atom. The Balaban J connectivity index is -0.0000000542. The molecule has 0 aliphatic heterocycles. The van der Waals surface area contributed by atoms with Crippen molar-refractivity contribution >= 4 is 31.8 Å². The number of aromatic nitrogens is 4. The van der Waals surface area contributed by atoms with Gasteiger partial charge in [-0.2, -0.15) is 0 Å². The van der Waals surface area contributed by atoms with E-state index in [2.05, 4.69) is 29.6 Å². The van der Waals surface area contributed by atoms with E-state index in [1.54, 1.807) is 24.8 Å². The Hall–Kier alpha value is -1.02. The molecule has 0 bridgehead atoms. The van der Waals surface area contributed by atoms with E-state index in [-0.39, 0.29) is 46.9 Å². The predicted octanol–water partition coefficient (Wildman–Crippen LogP) is -19.2. The summed E-state index contributed by atoms with van der Waals surface area (Å²) < 4.78 is 136. The molecule has 4 rings (SSSR count). The quantitative estimate of drug-likeness (QED) is 0.148. The van der Waals surface area contributed by atoms with Crippen LogP contribution in [0.15, 0.2) is 73.3 Å². The molecule has 0 aliphatic rings. The average Bonchev–Trinajstić information content (AvgIpc) is 2.82. The number of pyridine rings is 4. The molecule has 4 heterocycles. The fourth-order valence-corrected chi connectivity index (χ4v) is 1.82. The molecule has 32 heteroatoms. The third-order valence-electron chi connectivity index (χ3n) is 2.75. The van der Waals surface area contributed by atoms with Crippen molar-refractivity contribution in [3.8, 4) is 0 Å². The zero-order valence-corrected chi connectivity index (χ0v) is 29.6. The minimum Gasteiger partial charge on any atom is -0.237 e. The molecule has 0 saturated heterocycles. The van der Waals surface area contributed by atoms with Gasteiger partial charge in [-0.15, -0.1) is 41.0 Å². The van der Waals surface area contributed by atoms with Crippen LogP contribution in [-0.4, -0.2) is 47.3 Å². The smallest absolute Gasteiger partial charge is 0.237 e. The van der Waals surface area contributed by atoms with Crippen molar-refractivity contribution in [2.75, 3.05) is 0 Å². The largest absolute Gasteiger partial charge is 2.00 e. The Kier molecular flexibility index (Phi) is 51.3. The van der Waals surface area contributed by atoms with Crippen LogP contribution in [-0.2, 0) is 36.8 Å². The van der Waals surface area contributed by atoms with Crippen molar-refractivity contribution in [1.82, 2.24) is 19.9 Å². The summed E-state index contributed by atoms with van der Waals surface area (Å²) in [4.78, 5) is 16.3. The minimum atomic E-state index is -4.94. The molecule has 25 nitrogen and oxygen atoms in total. The Morgan fingerprint density at radius 1 is 0.375 bits per heavy atom. The second-order valence-electron chi connectivity index (χ2n) is 5.62. The second kappa shape index (κ2) is 35.8. The molecule has 0 amide bonds. The van der Waals surface area contributed by atoms with Gasteiger partial charge in [0.1, 0.15) is 0 Å². The van der Waals surface area contributed by atoms with Crippen LogP contribution in [0.5, 0.6) is 0 Å². The summed E-state index contributed by atoms with van der Waals surface area (Å²) >= 11 is 1.82. The maximum atomic E-state index is 8.49. The van der Waals surface area contributed by atoms with Gasteiger partial charge in [0.2, 0.25) is 0 Å². The van der Waals surface area contributed by atoms with Crippen LogP contribution in [0.1, 0.15) is 0 Å². The van der Waals surface area contributed by atoms with E-state index in [9.17, 15) is 0 Å². The van der Waals surface area contributed by atoms with Gasteiger partial charge in [-0.25, -0.2) is 94.5 Å². The van der Waals surface area contributed by atoms with Gasteiger partial charge in [0.05, 0.1) is 0 Å². The zero-order chi connectivity index (χ0) is 33.6. The van der Waals surface area contributed by atoms with Gasteiger partial charge in [-0.3, -0.25) is 0 Å². The standard InChI is InChI=1S/2C8H6N2.4ClHO4.ClH.5H2O.2Ru/c2*1-3-7-4-2-6-10-8(7)9-5-1;4*2-1(3,4)5;;;;;;;;/h2*1-6H;4*(H,2,3,4,5);1H;5*1H2;;/q;;;;;;;;;;;;+2;+3/p-5. The third-order valence-corrected chi connectivity index (χ3v) is 2.75. The maximum Gasteiger partial charge on any atom is 2.00 e. The summed E-state index contributed by atoms with van der Waals surface area (Å²) in [6.45, 7) is 0. The van der Waals surface area contributed by atoms with Crippen LogP contribution in [0.25, 0.3) is 22.1 Å². The summed E-state index contributed by atoms with van der Waals surface area (Å²) in [5, 5.41) is 2.18. The van der Waals surface area contributed by atoms with Gasteiger partial charge in [0.15, 0.2) is 11.3 Å². The normalized spacial score (nSPS) is 9.27. The molecule has 283 valence electrons. The van der Waals surface area contributed by atoms with E-state index in [4.69, 9.17) is 74.5 Å². The van der Waals surface area contributed by atoms with E-state index < -0.39 is 41.0 Å². The number of fused-ring (bicyclic) bond motifs is 2. The van der Waals surface area contributed by atoms with Gasteiger partial charge >= 0.3 is 46.5 Å². The van der Waals surface area contributed by atoms with Gasteiger partial charge in [-0.05, 0) is 48.5 Å². The third kappa shape index (κ3) is 71.1. The molecule has 0 saturated carbocycles. The molecule has 0 radical (unpaired) electrons. The van der Waals surface area contributed by atoms with E-state index in [1.807, 2.05) is 65.8 Å². The molecule has 10 N–H and O–H groups in total. The van der Waals surface area contributed by atoms with E-state index in [0.29, 0.717) is 0 Å². The molecule has 0 aromatic carbocycles. The number of hydrogen-bond donors (Lipinski definition) is 0. The number of halogens is 5. The van der Waals surface area contributed by atoms with Gasteiger partial charge < -0.3 is 27.4 Å². The van der Waals surface area contributed by atoms with Crippen molar-refractivity contribution in [1.29, 1.82) is 0 Å². The second-order valence-corrected chi connectivity index (χ2v) is 8.64. The SMILES string of the molecule is O.O.O.O.O.[Cl][Ru+2].[O-][Cl+3]([O-])([O-])[O-].[O-][Cl+3]([O-])([O-])[O-].[O-][Cl+3]([O-])([O-])[O-].[O-][Cl+3]([O-])([O-])[O-].[Ru+2].c1cnc2ncccc2c1.c1cnc2ncccc2c1. The van der Waals surface area contributed by atoms with E-state index >= 15 is 0 Å². The van der Waals surface area contributed by atoms with Crippen LogP contribution in [0.4, 0.5) is 0 Å². The number of rotatable bonds is 0. The first-order chi connectivity index (χ1) is 18.9. The van der Waals surface area contributed by atoms with Gasteiger partial charge in [-0.1, -0.05) is 0 Å². The van der Waals surface area contributed by atoms with Crippen molar-refractivity contribution in [2.24, 2.45) is 0 Å². The van der Waals surface area contributed by atoms with Crippen LogP contribution < -0.4 is 74.5 Å². The first kappa shape index (κ1) is 68.9. The van der Waals surface area contributed by atoms with Crippen molar-refractivity contribution in [3.63, 3.8) is 0 Å². The molecule has 0 aliphatic carbocycles. The minimum absolute atomic E-state index is 0. The van der Waals surface area contributed by atoms with Gasteiger partial charge in [0, 0.05) is 35.6 Å². The molecule has 4 aromatic rings. The fraction of sp³-hybridized carbons (Fsp3) is 0.